The molecule has 2 aromatic rings. The van der Waals surface area contributed by atoms with Crippen LogP contribution in [0, 0.1) is 6.92 Å². The predicted molar refractivity (Wildman–Crippen MR) is 51.5 cm³/mol. The van der Waals surface area contributed by atoms with Crippen LogP contribution < -0.4 is 0 Å². The molecule has 0 atom stereocenters. The molecule has 0 unspecified atom stereocenters. The standard InChI is InChI=1S/C10H8ClN/c1-7-4-9(11)5-8-6-12-3-2-10(7)8/h2-6H,1H3. The summed E-state index contributed by atoms with van der Waals surface area (Å²) in [6.45, 7) is 2.05. The van der Waals surface area contributed by atoms with Crippen molar-refractivity contribution in [2.75, 3.05) is 0 Å². The predicted octanol–water partition coefficient (Wildman–Crippen LogP) is 3.20. The third kappa shape index (κ3) is 1.16. The molecule has 0 spiro atoms. The van der Waals surface area contributed by atoms with E-state index < -0.39 is 0 Å². The van der Waals surface area contributed by atoms with Crippen molar-refractivity contribution >= 4 is 22.4 Å². The fourth-order valence-electron chi connectivity index (χ4n) is 1.36. The topological polar surface area (TPSA) is 12.9 Å². The van der Waals surface area contributed by atoms with Crippen LogP contribution in [-0.4, -0.2) is 4.98 Å². The minimum atomic E-state index is 0.771. The first-order chi connectivity index (χ1) is 5.77. The van der Waals surface area contributed by atoms with E-state index >= 15 is 0 Å². The van der Waals surface area contributed by atoms with Crippen LogP contribution >= 0.6 is 11.6 Å². The smallest absolute Gasteiger partial charge is 0.0415 e. The van der Waals surface area contributed by atoms with Crippen molar-refractivity contribution in [2.45, 2.75) is 6.92 Å². The van der Waals surface area contributed by atoms with Gasteiger partial charge in [0.25, 0.3) is 0 Å². The van der Waals surface area contributed by atoms with Crippen LogP contribution in [0.2, 0.25) is 5.02 Å². The van der Waals surface area contributed by atoms with Gasteiger partial charge >= 0.3 is 0 Å². The van der Waals surface area contributed by atoms with E-state index in [-0.39, 0.29) is 0 Å². The van der Waals surface area contributed by atoms with Gasteiger partial charge in [0.1, 0.15) is 0 Å². The highest BCUT2D eigenvalue weighted by molar-refractivity contribution is 6.31. The zero-order chi connectivity index (χ0) is 8.55. The van der Waals surface area contributed by atoms with Gasteiger partial charge in [0.15, 0.2) is 0 Å². The molecule has 12 heavy (non-hydrogen) atoms. The molecular formula is C10H8ClN. The van der Waals surface area contributed by atoms with Crippen LogP contribution in [0.4, 0.5) is 0 Å². The molecule has 1 aromatic heterocycles. The van der Waals surface area contributed by atoms with Gasteiger partial charge in [-0.2, -0.15) is 0 Å². The van der Waals surface area contributed by atoms with Gasteiger partial charge in [-0.05, 0) is 36.1 Å². The Morgan fingerprint density at radius 3 is 3.00 bits per heavy atom. The molecule has 2 heteroatoms. The highest BCUT2D eigenvalue weighted by Crippen LogP contribution is 2.21. The second kappa shape index (κ2) is 2.76. The zero-order valence-corrected chi connectivity index (χ0v) is 7.47. The average molecular weight is 178 g/mol. The van der Waals surface area contributed by atoms with Crippen molar-refractivity contribution in [1.29, 1.82) is 0 Å². The number of fused-ring (bicyclic) bond motifs is 1. The van der Waals surface area contributed by atoms with Gasteiger partial charge in [-0.3, -0.25) is 4.98 Å². The number of rotatable bonds is 0. The molecule has 2 rings (SSSR count). The fourth-order valence-corrected chi connectivity index (χ4v) is 1.64. The molecular weight excluding hydrogens is 170 g/mol. The lowest BCUT2D eigenvalue weighted by molar-refractivity contribution is 1.36. The summed E-state index contributed by atoms with van der Waals surface area (Å²) in [6, 6.07) is 5.89. The van der Waals surface area contributed by atoms with Crippen molar-refractivity contribution in [3.05, 3.63) is 41.2 Å². The van der Waals surface area contributed by atoms with E-state index in [1.807, 2.05) is 31.3 Å². The summed E-state index contributed by atoms with van der Waals surface area (Å²) in [5.74, 6) is 0. The molecule has 0 saturated heterocycles. The molecule has 0 bridgehead atoms. The molecule has 0 saturated carbocycles. The number of benzene rings is 1. The van der Waals surface area contributed by atoms with Gasteiger partial charge in [0.2, 0.25) is 0 Å². The first kappa shape index (κ1) is 7.56. The van der Waals surface area contributed by atoms with Crippen molar-refractivity contribution in [1.82, 2.24) is 4.98 Å². The number of hydrogen-bond donors (Lipinski definition) is 0. The number of aromatic nitrogens is 1. The normalized spacial score (nSPS) is 10.5. The Balaban J connectivity index is 2.89. The molecule has 0 aliphatic rings. The molecule has 0 aliphatic heterocycles. The highest BCUT2D eigenvalue weighted by Gasteiger charge is 1.97. The monoisotopic (exact) mass is 177 g/mol. The fraction of sp³-hybridized carbons (Fsp3) is 0.100. The Morgan fingerprint density at radius 1 is 1.33 bits per heavy atom. The molecule has 0 fully saturated rings. The Morgan fingerprint density at radius 2 is 2.17 bits per heavy atom. The molecule has 1 aromatic carbocycles. The molecule has 1 heterocycles. The summed E-state index contributed by atoms with van der Waals surface area (Å²) in [7, 11) is 0. The van der Waals surface area contributed by atoms with Crippen LogP contribution in [-0.2, 0) is 0 Å². The summed E-state index contributed by atoms with van der Waals surface area (Å²) in [5, 5.41) is 3.09. The minimum absolute atomic E-state index is 0.771. The molecule has 0 amide bonds. The van der Waals surface area contributed by atoms with E-state index in [1.165, 1.54) is 10.9 Å². The molecule has 0 N–H and O–H groups in total. The van der Waals surface area contributed by atoms with Crippen LogP contribution in [0.25, 0.3) is 10.8 Å². The number of hydrogen-bond acceptors (Lipinski definition) is 1. The van der Waals surface area contributed by atoms with E-state index in [2.05, 4.69) is 4.98 Å². The van der Waals surface area contributed by atoms with Gasteiger partial charge in [-0.15, -0.1) is 0 Å². The van der Waals surface area contributed by atoms with Crippen LogP contribution in [0.5, 0.6) is 0 Å². The molecule has 0 radical (unpaired) electrons. The zero-order valence-electron chi connectivity index (χ0n) is 6.71. The maximum absolute atomic E-state index is 5.90. The van der Waals surface area contributed by atoms with Crippen LogP contribution in [0.15, 0.2) is 30.6 Å². The second-order valence-corrected chi connectivity index (χ2v) is 3.26. The maximum Gasteiger partial charge on any atom is 0.0415 e. The van der Waals surface area contributed by atoms with Gasteiger partial charge in [0, 0.05) is 22.8 Å². The van der Waals surface area contributed by atoms with E-state index in [4.69, 9.17) is 11.6 Å². The third-order valence-electron chi connectivity index (χ3n) is 1.92. The number of halogens is 1. The SMILES string of the molecule is Cc1cc(Cl)cc2cnccc12. The molecule has 1 nitrogen and oxygen atoms in total. The van der Waals surface area contributed by atoms with E-state index in [1.54, 1.807) is 6.20 Å². The average Bonchev–Trinajstić information content (AvgIpc) is 2.04. The van der Waals surface area contributed by atoms with Crippen molar-refractivity contribution in [2.24, 2.45) is 0 Å². The van der Waals surface area contributed by atoms with Crippen molar-refractivity contribution < 1.29 is 0 Å². The Hall–Kier alpha value is -1.08. The van der Waals surface area contributed by atoms with E-state index in [0.29, 0.717) is 0 Å². The summed E-state index contributed by atoms with van der Waals surface area (Å²) >= 11 is 5.90. The number of pyridine rings is 1. The minimum Gasteiger partial charge on any atom is -0.264 e. The van der Waals surface area contributed by atoms with Crippen molar-refractivity contribution in [3.63, 3.8) is 0 Å². The van der Waals surface area contributed by atoms with Crippen LogP contribution in [0.1, 0.15) is 5.56 Å². The van der Waals surface area contributed by atoms with Gasteiger partial charge in [-0.25, -0.2) is 0 Å². The third-order valence-corrected chi connectivity index (χ3v) is 2.14. The maximum atomic E-state index is 5.90. The van der Waals surface area contributed by atoms with Gasteiger partial charge in [0.05, 0.1) is 0 Å². The lowest BCUT2D eigenvalue weighted by Gasteiger charge is -2.01. The molecule has 0 aliphatic carbocycles. The quantitative estimate of drug-likeness (QED) is 0.602. The second-order valence-electron chi connectivity index (χ2n) is 2.82. The number of aryl methyl sites for hydroxylation is 1. The first-order valence-electron chi connectivity index (χ1n) is 3.77. The molecule has 60 valence electrons. The lowest BCUT2D eigenvalue weighted by Crippen LogP contribution is -1.79. The Bertz CT molecular complexity index is 423. The Labute approximate surface area is 76.0 Å². The van der Waals surface area contributed by atoms with E-state index in [0.717, 1.165) is 10.4 Å². The highest BCUT2D eigenvalue weighted by atomic mass is 35.5. The summed E-state index contributed by atoms with van der Waals surface area (Å²) in [4.78, 5) is 4.04. The van der Waals surface area contributed by atoms with Gasteiger partial charge in [-0.1, -0.05) is 11.6 Å². The summed E-state index contributed by atoms with van der Waals surface area (Å²) in [5.41, 5.74) is 1.19. The first-order valence-corrected chi connectivity index (χ1v) is 4.15. The lowest BCUT2D eigenvalue weighted by atomic mass is 10.1. The summed E-state index contributed by atoms with van der Waals surface area (Å²) < 4.78 is 0. The van der Waals surface area contributed by atoms with Crippen LogP contribution in [0.3, 0.4) is 0 Å². The van der Waals surface area contributed by atoms with E-state index in [9.17, 15) is 0 Å². The summed E-state index contributed by atoms with van der Waals surface area (Å²) in [6.07, 6.45) is 3.62. The largest absolute Gasteiger partial charge is 0.264 e. The van der Waals surface area contributed by atoms with Gasteiger partial charge < -0.3 is 0 Å². The Kier molecular flexibility index (Phi) is 1.74. The number of nitrogens with zero attached hydrogens (tertiary/aromatic N) is 1. The van der Waals surface area contributed by atoms with Crippen molar-refractivity contribution in [3.8, 4) is 0 Å².